The first-order valence-electron chi connectivity index (χ1n) is 7.35. The molecule has 2 N–H and O–H groups in total. The Hall–Kier alpha value is -0.850. The van der Waals surface area contributed by atoms with Crippen LogP contribution in [-0.2, 0) is 16.6 Å². The molecule has 0 spiro atoms. The summed E-state index contributed by atoms with van der Waals surface area (Å²) in [6.07, 6.45) is 5.31. The van der Waals surface area contributed by atoms with E-state index in [2.05, 4.69) is 17.0 Å². The normalized spacial score (nSPS) is 17.3. The standard InChI is InChI=1S/C14H24N2O3S/c1-3-4-5-11(2)16-20(17,18)14-9-8-13(19-14)10-15-12-6-7-12/h8-9,11-12,15-16H,3-7,10H2,1-2H3. The Morgan fingerprint density at radius 2 is 2.15 bits per heavy atom. The van der Waals surface area contributed by atoms with E-state index in [4.69, 9.17) is 4.42 Å². The van der Waals surface area contributed by atoms with Gasteiger partial charge in [-0.15, -0.1) is 0 Å². The molecule has 0 saturated heterocycles. The van der Waals surface area contributed by atoms with E-state index in [-0.39, 0.29) is 11.1 Å². The Morgan fingerprint density at radius 3 is 2.80 bits per heavy atom. The SMILES string of the molecule is CCCCC(C)NS(=O)(=O)c1ccc(CNC2CC2)o1. The number of furan rings is 1. The van der Waals surface area contributed by atoms with Crippen molar-refractivity contribution in [2.45, 2.75) is 69.7 Å². The minimum atomic E-state index is -3.54. The van der Waals surface area contributed by atoms with E-state index in [1.807, 2.05) is 6.92 Å². The molecule has 1 saturated carbocycles. The van der Waals surface area contributed by atoms with E-state index in [9.17, 15) is 8.42 Å². The Balaban J connectivity index is 1.90. The molecule has 20 heavy (non-hydrogen) atoms. The van der Waals surface area contributed by atoms with Gasteiger partial charge in [-0.3, -0.25) is 0 Å². The Morgan fingerprint density at radius 1 is 1.40 bits per heavy atom. The molecule has 1 aromatic heterocycles. The molecule has 0 aromatic carbocycles. The summed E-state index contributed by atoms with van der Waals surface area (Å²) < 4.78 is 32.4. The second-order valence-electron chi connectivity index (χ2n) is 5.54. The van der Waals surface area contributed by atoms with Gasteiger partial charge < -0.3 is 9.73 Å². The van der Waals surface area contributed by atoms with Crippen LogP contribution in [0.25, 0.3) is 0 Å². The first-order chi connectivity index (χ1) is 9.51. The Bertz CT molecular complexity index is 520. The predicted octanol–water partition coefficient (Wildman–Crippen LogP) is 2.39. The van der Waals surface area contributed by atoms with Crippen molar-refractivity contribution < 1.29 is 12.8 Å². The molecular weight excluding hydrogens is 276 g/mol. The molecule has 2 rings (SSSR count). The van der Waals surface area contributed by atoms with E-state index in [0.29, 0.717) is 18.3 Å². The van der Waals surface area contributed by atoms with Gasteiger partial charge in [0, 0.05) is 12.1 Å². The highest BCUT2D eigenvalue weighted by Gasteiger charge is 2.23. The van der Waals surface area contributed by atoms with Crippen molar-refractivity contribution in [3.05, 3.63) is 17.9 Å². The average Bonchev–Trinajstić information content (AvgIpc) is 3.09. The van der Waals surface area contributed by atoms with Crippen LogP contribution >= 0.6 is 0 Å². The van der Waals surface area contributed by atoms with Gasteiger partial charge in [0.1, 0.15) is 5.76 Å². The lowest BCUT2D eigenvalue weighted by atomic mass is 10.2. The van der Waals surface area contributed by atoms with E-state index < -0.39 is 10.0 Å². The number of rotatable bonds is 9. The van der Waals surface area contributed by atoms with Crippen LogP contribution in [0.4, 0.5) is 0 Å². The number of sulfonamides is 1. The molecular formula is C14H24N2O3S. The zero-order valence-corrected chi connectivity index (χ0v) is 13.0. The van der Waals surface area contributed by atoms with Gasteiger partial charge in [-0.2, -0.15) is 0 Å². The van der Waals surface area contributed by atoms with Crippen LogP contribution in [0.1, 0.15) is 51.7 Å². The fraction of sp³-hybridized carbons (Fsp3) is 0.714. The molecule has 6 heteroatoms. The predicted molar refractivity (Wildman–Crippen MR) is 77.9 cm³/mol. The molecule has 0 amide bonds. The fourth-order valence-electron chi connectivity index (χ4n) is 2.02. The van der Waals surface area contributed by atoms with Gasteiger partial charge in [-0.05, 0) is 38.3 Å². The van der Waals surface area contributed by atoms with Crippen molar-refractivity contribution in [3.8, 4) is 0 Å². The summed E-state index contributed by atoms with van der Waals surface area (Å²) in [7, 11) is -3.54. The zero-order valence-electron chi connectivity index (χ0n) is 12.2. The van der Waals surface area contributed by atoms with Crippen molar-refractivity contribution in [2.75, 3.05) is 0 Å². The molecule has 0 radical (unpaired) electrons. The molecule has 1 aromatic rings. The quantitative estimate of drug-likeness (QED) is 0.734. The van der Waals surface area contributed by atoms with Gasteiger partial charge >= 0.3 is 0 Å². The molecule has 1 aliphatic carbocycles. The average molecular weight is 300 g/mol. The Labute approximate surface area is 121 Å². The summed E-state index contributed by atoms with van der Waals surface area (Å²) in [5, 5.41) is 3.31. The summed E-state index contributed by atoms with van der Waals surface area (Å²) >= 11 is 0. The molecule has 0 bridgehead atoms. The van der Waals surface area contributed by atoms with Crippen LogP contribution < -0.4 is 10.0 Å². The lowest BCUT2D eigenvalue weighted by Crippen LogP contribution is -2.32. The minimum Gasteiger partial charge on any atom is -0.447 e. The summed E-state index contributed by atoms with van der Waals surface area (Å²) in [5.74, 6) is 0.665. The maximum atomic E-state index is 12.1. The molecule has 1 atom stereocenters. The highest BCUT2D eigenvalue weighted by Crippen LogP contribution is 2.20. The summed E-state index contributed by atoms with van der Waals surface area (Å²) in [6, 6.07) is 3.75. The largest absolute Gasteiger partial charge is 0.447 e. The first-order valence-corrected chi connectivity index (χ1v) is 8.84. The van der Waals surface area contributed by atoms with Crippen molar-refractivity contribution in [3.63, 3.8) is 0 Å². The summed E-state index contributed by atoms with van der Waals surface area (Å²) in [6.45, 7) is 4.56. The van der Waals surface area contributed by atoms with E-state index in [0.717, 1.165) is 19.3 Å². The highest BCUT2D eigenvalue weighted by molar-refractivity contribution is 7.89. The molecule has 1 fully saturated rings. The molecule has 1 aliphatic rings. The van der Waals surface area contributed by atoms with Crippen LogP contribution in [0.15, 0.2) is 21.6 Å². The van der Waals surface area contributed by atoms with Crippen molar-refractivity contribution in [1.82, 2.24) is 10.0 Å². The maximum Gasteiger partial charge on any atom is 0.274 e. The first kappa shape index (κ1) is 15.5. The Kier molecular flexibility index (Phi) is 5.23. The van der Waals surface area contributed by atoms with E-state index in [1.165, 1.54) is 18.9 Å². The van der Waals surface area contributed by atoms with Gasteiger partial charge in [0.2, 0.25) is 5.09 Å². The lowest BCUT2D eigenvalue weighted by molar-refractivity contribution is 0.396. The molecule has 5 nitrogen and oxygen atoms in total. The second-order valence-corrected chi connectivity index (χ2v) is 7.19. The monoisotopic (exact) mass is 300 g/mol. The topological polar surface area (TPSA) is 71.3 Å². The van der Waals surface area contributed by atoms with E-state index >= 15 is 0 Å². The van der Waals surface area contributed by atoms with Crippen LogP contribution in [0, 0.1) is 0 Å². The second kappa shape index (κ2) is 6.74. The third kappa shape index (κ3) is 4.61. The smallest absolute Gasteiger partial charge is 0.274 e. The van der Waals surface area contributed by atoms with Crippen LogP contribution in [0.3, 0.4) is 0 Å². The van der Waals surface area contributed by atoms with Crippen molar-refractivity contribution in [1.29, 1.82) is 0 Å². The van der Waals surface area contributed by atoms with Gasteiger partial charge in [0.25, 0.3) is 10.0 Å². The van der Waals surface area contributed by atoms with Crippen LogP contribution in [0.2, 0.25) is 0 Å². The summed E-state index contributed by atoms with van der Waals surface area (Å²) in [5.41, 5.74) is 0. The molecule has 114 valence electrons. The number of unbranched alkanes of at least 4 members (excludes halogenated alkanes) is 1. The lowest BCUT2D eigenvalue weighted by Gasteiger charge is -2.12. The van der Waals surface area contributed by atoms with Gasteiger partial charge in [-0.1, -0.05) is 19.8 Å². The molecule has 0 aliphatic heterocycles. The summed E-state index contributed by atoms with van der Waals surface area (Å²) in [4.78, 5) is 0. The molecule has 1 heterocycles. The number of nitrogens with one attached hydrogen (secondary N) is 2. The third-order valence-corrected chi connectivity index (χ3v) is 4.85. The third-order valence-electron chi connectivity index (χ3n) is 3.39. The van der Waals surface area contributed by atoms with E-state index in [1.54, 1.807) is 6.07 Å². The van der Waals surface area contributed by atoms with Crippen molar-refractivity contribution in [2.24, 2.45) is 0 Å². The van der Waals surface area contributed by atoms with Crippen LogP contribution in [0.5, 0.6) is 0 Å². The van der Waals surface area contributed by atoms with Gasteiger partial charge in [0.05, 0.1) is 6.54 Å². The minimum absolute atomic E-state index is 0.00782. The number of hydrogen-bond donors (Lipinski definition) is 2. The zero-order chi connectivity index (χ0) is 14.6. The molecule has 1 unspecified atom stereocenters. The maximum absolute atomic E-state index is 12.1. The fourth-order valence-corrected chi connectivity index (χ4v) is 3.25. The van der Waals surface area contributed by atoms with Crippen LogP contribution in [-0.4, -0.2) is 20.5 Å². The van der Waals surface area contributed by atoms with Gasteiger partial charge in [-0.25, -0.2) is 13.1 Å². The van der Waals surface area contributed by atoms with Gasteiger partial charge in [0.15, 0.2) is 0 Å². The number of hydrogen-bond acceptors (Lipinski definition) is 4. The highest BCUT2D eigenvalue weighted by atomic mass is 32.2. The van der Waals surface area contributed by atoms with Crippen molar-refractivity contribution >= 4 is 10.0 Å².